The molecule has 0 heterocycles. The minimum absolute atomic E-state index is 0.0213. The second kappa shape index (κ2) is 6.85. The SMILES string of the molecule is CS(=O)(=O)CS(=O)(=O)NCc1cccc(C#CCO)c1. The number of rotatable bonds is 5. The van der Waals surface area contributed by atoms with Crippen molar-refractivity contribution in [3.8, 4) is 11.8 Å². The minimum atomic E-state index is -3.88. The van der Waals surface area contributed by atoms with Gasteiger partial charge in [-0.25, -0.2) is 21.6 Å². The number of sulfone groups is 1. The summed E-state index contributed by atoms with van der Waals surface area (Å²) in [6, 6.07) is 6.76. The molecule has 2 N–H and O–H groups in total. The van der Waals surface area contributed by atoms with Crippen molar-refractivity contribution in [3.63, 3.8) is 0 Å². The lowest BCUT2D eigenvalue weighted by atomic mass is 10.1. The summed E-state index contributed by atoms with van der Waals surface area (Å²) in [6.45, 7) is -0.280. The van der Waals surface area contributed by atoms with Crippen LogP contribution in [-0.2, 0) is 26.4 Å². The van der Waals surface area contributed by atoms with E-state index in [1.165, 1.54) is 0 Å². The quantitative estimate of drug-likeness (QED) is 0.710. The minimum Gasteiger partial charge on any atom is -0.384 e. The first-order valence-corrected chi connectivity index (χ1v) is 9.27. The number of hydrogen-bond acceptors (Lipinski definition) is 5. The number of aliphatic hydroxyl groups excluding tert-OH is 1. The van der Waals surface area contributed by atoms with E-state index in [0.717, 1.165) is 6.26 Å². The van der Waals surface area contributed by atoms with Gasteiger partial charge >= 0.3 is 0 Å². The third kappa shape index (κ3) is 6.68. The first-order valence-electron chi connectivity index (χ1n) is 5.55. The van der Waals surface area contributed by atoms with Gasteiger partial charge in [0.05, 0.1) is 0 Å². The maximum Gasteiger partial charge on any atom is 0.226 e. The van der Waals surface area contributed by atoms with Crippen molar-refractivity contribution in [2.45, 2.75) is 6.54 Å². The second-order valence-electron chi connectivity index (χ2n) is 4.14. The molecular formula is C12H15NO5S2. The summed E-state index contributed by atoms with van der Waals surface area (Å²) in [7, 11) is -7.49. The summed E-state index contributed by atoms with van der Waals surface area (Å²) in [6.07, 6.45) is 0.858. The van der Waals surface area contributed by atoms with Crippen LogP contribution in [0.1, 0.15) is 11.1 Å². The molecule has 0 saturated carbocycles. The standard InChI is InChI=1S/C12H15NO5S2/c1-19(15,16)10-20(17,18)13-9-12-5-2-4-11(8-12)6-3-7-14/h2,4-5,8,13-14H,7,9-10H2,1H3. The molecule has 1 rings (SSSR count). The smallest absolute Gasteiger partial charge is 0.226 e. The van der Waals surface area contributed by atoms with Crippen LogP contribution in [0.15, 0.2) is 24.3 Å². The zero-order valence-corrected chi connectivity index (χ0v) is 12.5. The van der Waals surface area contributed by atoms with E-state index >= 15 is 0 Å². The van der Waals surface area contributed by atoms with Gasteiger partial charge in [0.2, 0.25) is 10.0 Å². The molecule has 0 spiro atoms. The van der Waals surface area contributed by atoms with Gasteiger partial charge in [0.15, 0.2) is 14.9 Å². The molecule has 1 aromatic carbocycles. The molecule has 0 atom stereocenters. The first kappa shape index (κ1) is 16.7. The van der Waals surface area contributed by atoms with E-state index in [-0.39, 0.29) is 13.2 Å². The molecule has 0 radical (unpaired) electrons. The highest BCUT2D eigenvalue weighted by molar-refractivity contribution is 8.06. The maximum absolute atomic E-state index is 11.5. The normalized spacial score (nSPS) is 11.7. The Kier molecular flexibility index (Phi) is 5.71. The summed E-state index contributed by atoms with van der Waals surface area (Å²) < 4.78 is 47.2. The van der Waals surface area contributed by atoms with Gasteiger partial charge < -0.3 is 5.11 Å². The number of aliphatic hydroxyl groups is 1. The Labute approximate surface area is 118 Å². The van der Waals surface area contributed by atoms with Gasteiger partial charge in [-0.3, -0.25) is 0 Å². The average Bonchev–Trinajstić information content (AvgIpc) is 2.32. The van der Waals surface area contributed by atoms with Crippen LogP contribution >= 0.6 is 0 Å². The van der Waals surface area contributed by atoms with Crippen molar-refractivity contribution in [2.75, 3.05) is 17.9 Å². The molecular weight excluding hydrogens is 302 g/mol. The summed E-state index contributed by atoms with van der Waals surface area (Å²) >= 11 is 0. The van der Waals surface area contributed by atoms with Gasteiger partial charge in [-0.05, 0) is 17.7 Å². The van der Waals surface area contributed by atoms with Crippen molar-refractivity contribution in [3.05, 3.63) is 35.4 Å². The molecule has 0 unspecified atom stereocenters. The Morgan fingerprint density at radius 3 is 2.55 bits per heavy atom. The lowest BCUT2D eigenvalue weighted by molar-refractivity contribution is 0.350. The van der Waals surface area contributed by atoms with Crippen molar-refractivity contribution in [2.24, 2.45) is 0 Å². The Bertz CT molecular complexity index is 727. The molecule has 110 valence electrons. The number of nitrogens with one attached hydrogen (secondary N) is 1. The third-order valence-electron chi connectivity index (χ3n) is 2.10. The molecule has 0 aromatic heterocycles. The van der Waals surface area contributed by atoms with Crippen LogP contribution in [0.2, 0.25) is 0 Å². The Balaban J connectivity index is 2.75. The van der Waals surface area contributed by atoms with Crippen LogP contribution in [-0.4, -0.2) is 39.9 Å². The maximum atomic E-state index is 11.5. The van der Waals surface area contributed by atoms with Gasteiger partial charge in [0, 0.05) is 18.4 Å². The zero-order chi connectivity index (χ0) is 15.2. The lowest BCUT2D eigenvalue weighted by Gasteiger charge is -2.06. The van der Waals surface area contributed by atoms with Crippen molar-refractivity contribution in [1.82, 2.24) is 4.72 Å². The van der Waals surface area contributed by atoms with Crippen LogP contribution in [0.5, 0.6) is 0 Å². The monoisotopic (exact) mass is 317 g/mol. The van der Waals surface area contributed by atoms with Crippen LogP contribution in [0, 0.1) is 11.8 Å². The molecule has 8 heteroatoms. The van der Waals surface area contributed by atoms with Gasteiger partial charge in [0.1, 0.15) is 6.61 Å². The number of benzene rings is 1. The summed E-state index contributed by atoms with van der Waals surface area (Å²) in [4.78, 5) is 0. The van der Waals surface area contributed by atoms with Gasteiger partial charge in [-0.1, -0.05) is 24.0 Å². The van der Waals surface area contributed by atoms with Crippen LogP contribution in [0.3, 0.4) is 0 Å². The molecule has 0 saturated heterocycles. The van der Waals surface area contributed by atoms with Crippen LogP contribution < -0.4 is 4.72 Å². The van der Waals surface area contributed by atoms with E-state index < -0.39 is 24.9 Å². The Hall–Kier alpha value is -1.40. The number of hydrogen-bond donors (Lipinski definition) is 2. The molecule has 20 heavy (non-hydrogen) atoms. The predicted molar refractivity (Wildman–Crippen MR) is 75.9 cm³/mol. The van der Waals surface area contributed by atoms with E-state index in [9.17, 15) is 16.8 Å². The average molecular weight is 317 g/mol. The van der Waals surface area contributed by atoms with Gasteiger partial charge in [-0.15, -0.1) is 0 Å². The Morgan fingerprint density at radius 1 is 1.25 bits per heavy atom. The van der Waals surface area contributed by atoms with E-state index in [1.54, 1.807) is 24.3 Å². The highest BCUT2D eigenvalue weighted by Gasteiger charge is 2.17. The first-order chi connectivity index (χ1) is 9.22. The molecule has 0 aliphatic heterocycles. The van der Waals surface area contributed by atoms with E-state index in [1.807, 2.05) is 0 Å². The fourth-order valence-electron chi connectivity index (χ4n) is 1.42. The molecule has 6 nitrogen and oxygen atoms in total. The molecule has 0 aliphatic rings. The summed E-state index contributed by atoms with van der Waals surface area (Å²) in [5.41, 5.74) is 1.28. The van der Waals surface area contributed by atoms with Gasteiger partial charge in [-0.2, -0.15) is 0 Å². The fraction of sp³-hybridized carbons (Fsp3) is 0.333. The van der Waals surface area contributed by atoms with E-state index in [2.05, 4.69) is 16.6 Å². The van der Waals surface area contributed by atoms with Crippen LogP contribution in [0.4, 0.5) is 0 Å². The highest BCUT2D eigenvalue weighted by atomic mass is 32.3. The van der Waals surface area contributed by atoms with Crippen molar-refractivity contribution >= 4 is 19.9 Å². The van der Waals surface area contributed by atoms with Crippen molar-refractivity contribution in [1.29, 1.82) is 0 Å². The van der Waals surface area contributed by atoms with Crippen molar-refractivity contribution < 1.29 is 21.9 Å². The lowest BCUT2D eigenvalue weighted by Crippen LogP contribution is -2.29. The van der Waals surface area contributed by atoms with Crippen LogP contribution in [0.25, 0.3) is 0 Å². The van der Waals surface area contributed by atoms with Gasteiger partial charge in [0.25, 0.3) is 0 Å². The van der Waals surface area contributed by atoms with E-state index in [4.69, 9.17) is 5.11 Å². The second-order valence-corrected chi connectivity index (χ2v) is 8.45. The fourth-order valence-corrected chi connectivity index (χ4v) is 4.39. The summed E-state index contributed by atoms with van der Waals surface area (Å²) in [5.74, 6) is 5.18. The predicted octanol–water partition coefficient (Wildman–Crippen LogP) is -0.548. The molecule has 0 amide bonds. The largest absolute Gasteiger partial charge is 0.384 e. The molecule has 0 fully saturated rings. The Morgan fingerprint density at radius 2 is 1.95 bits per heavy atom. The third-order valence-corrected chi connectivity index (χ3v) is 5.64. The zero-order valence-electron chi connectivity index (χ0n) is 10.8. The van der Waals surface area contributed by atoms with E-state index in [0.29, 0.717) is 11.1 Å². The summed E-state index contributed by atoms with van der Waals surface area (Å²) in [5, 5.41) is 7.65. The molecule has 0 aliphatic carbocycles. The highest BCUT2D eigenvalue weighted by Crippen LogP contribution is 2.05. The molecule has 0 bridgehead atoms. The number of sulfonamides is 1. The molecule has 1 aromatic rings. The topological polar surface area (TPSA) is 101 Å².